The number of benzene rings is 2. The van der Waals surface area contributed by atoms with Gasteiger partial charge in [0.15, 0.2) is 0 Å². The van der Waals surface area contributed by atoms with Crippen molar-refractivity contribution in [1.82, 2.24) is 10.4 Å². The summed E-state index contributed by atoms with van der Waals surface area (Å²) in [7, 11) is 1.45. The second kappa shape index (κ2) is 9.13. The Morgan fingerprint density at radius 1 is 1.09 bits per heavy atom. The van der Waals surface area contributed by atoms with Gasteiger partial charge in [0.05, 0.1) is 16.5 Å². The molecule has 0 spiro atoms. The molecule has 2 N–H and O–H groups in total. The van der Waals surface area contributed by atoms with E-state index in [1.165, 1.54) is 25.2 Å². The Bertz CT molecular complexity index is 1140. The Hall–Kier alpha value is -1.74. The highest BCUT2D eigenvalue weighted by Crippen LogP contribution is 2.65. The van der Waals surface area contributed by atoms with E-state index < -0.39 is 34.0 Å². The first-order chi connectivity index (χ1) is 15.5. The fourth-order valence-electron chi connectivity index (χ4n) is 3.70. The highest BCUT2D eigenvalue weighted by molar-refractivity contribution is 6.53. The molecule has 0 bridgehead atoms. The van der Waals surface area contributed by atoms with Gasteiger partial charge < -0.3 is 10.6 Å². The number of nitrogens with zero attached hydrogens (tertiary/aromatic N) is 1. The van der Waals surface area contributed by atoms with Crippen molar-refractivity contribution in [2.75, 3.05) is 19.0 Å². The first-order valence-electron chi connectivity index (χ1n) is 9.64. The van der Waals surface area contributed by atoms with E-state index in [-0.39, 0.29) is 23.1 Å². The molecular formula is C21H16Cl5N3O4. The predicted molar refractivity (Wildman–Crippen MR) is 127 cm³/mol. The zero-order valence-electron chi connectivity index (χ0n) is 16.9. The normalized spacial score (nSPS) is 23.4. The van der Waals surface area contributed by atoms with Gasteiger partial charge in [-0.2, -0.15) is 0 Å². The number of hydrogen-bond acceptors (Lipinski definition) is 4. The quantitative estimate of drug-likeness (QED) is 0.529. The fraction of sp³-hybridized carbons (Fsp3) is 0.286. The highest BCUT2D eigenvalue weighted by atomic mass is 35.5. The lowest BCUT2D eigenvalue weighted by Gasteiger charge is -2.12. The van der Waals surface area contributed by atoms with E-state index in [9.17, 15) is 14.4 Å². The van der Waals surface area contributed by atoms with E-state index in [1.807, 2.05) is 0 Å². The van der Waals surface area contributed by atoms with Crippen LogP contribution in [-0.4, -0.2) is 46.8 Å². The number of halogens is 5. The van der Waals surface area contributed by atoms with Gasteiger partial charge in [-0.3, -0.25) is 19.2 Å². The number of rotatable bonds is 5. The van der Waals surface area contributed by atoms with Crippen LogP contribution in [0.4, 0.5) is 5.69 Å². The van der Waals surface area contributed by atoms with Crippen molar-refractivity contribution in [3.63, 3.8) is 0 Å². The second-order valence-electron chi connectivity index (χ2n) is 7.67. The van der Waals surface area contributed by atoms with Crippen molar-refractivity contribution in [2.45, 2.75) is 16.3 Å². The average Bonchev–Trinajstić information content (AvgIpc) is 3.19. The minimum Gasteiger partial charge on any atom is -0.338 e. The number of carbonyl (C=O) groups is 3. The third-order valence-electron chi connectivity index (χ3n) is 5.41. The lowest BCUT2D eigenvalue weighted by atomic mass is 10.1. The molecule has 2 fully saturated rings. The van der Waals surface area contributed by atoms with Crippen LogP contribution < -0.4 is 10.6 Å². The maximum atomic E-state index is 12.9. The highest BCUT2D eigenvalue weighted by Gasteiger charge is 2.67. The number of anilines is 1. The van der Waals surface area contributed by atoms with E-state index >= 15 is 0 Å². The Morgan fingerprint density at radius 3 is 2.36 bits per heavy atom. The molecule has 33 heavy (non-hydrogen) atoms. The molecule has 7 nitrogen and oxygen atoms in total. The van der Waals surface area contributed by atoms with Crippen molar-refractivity contribution >= 4 is 81.4 Å². The van der Waals surface area contributed by atoms with Crippen molar-refractivity contribution in [3.8, 4) is 0 Å². The number of hydrogen-bond donors (Lipinski definition) is 2. The monoisotopic (exact) mass is 549 g/mol. The molecule has 2 aromatic rings. The lowest BCUT2D eigenvalue weighted by molar-refractivity contribution is -0.154. The van der Waals surface area contributed by atoms with Crippen LogP contribution in [0.3, 0.4) is 0 Å². The van der Waals surface area contributed by atoms with E-state index in [1.54, 1.807) is 18.2 Å². The number of amides is 3. The molecule has 3 amide bonds. The summed E-state index contributed by atoms with van der Waals surface area (Å²) in [5.74, 6) is -2.71. The summed E-state index contributed by atoms with van der Waals surface area (Å²) in [5, 5.41) is 7.27. The largest absolute Gasteiger partial charge is 0.338 e. The van der Waals surface area contributed by atoms with Crippen molar-refractivity contribution in [2.24, 2.45) is 5.92 Å². The smallest absolute Gasteiger partial charge is 0.270 e. The molecule has 1 saturated heterocycles. The van der Waals surface area contributed by atoms with Gasteiger partial charge >= 0.3 is 0 Å². The fourth-order valence-corrected chi connectivity index (χ4v) is 5.27. The molecule has 3 unspecified atom stereocenters. The van der Waals surface area contributed by atoms with Crippen LogP contribution in [-0.2, 0) is 14.4 Å². The molecule has 3 atom stereocenters. The third kappa shape index (κ3) is 4.90. The molecule has 1 saturated carbocycles. The van der Waals surface area contributed by atoms with Gasteiger partial charge in [-0.1, -0.05) is 34.8 Å². The summed E-state index contributed by atoms with van der Waals surface area (Å²) in [6.07, 6.45) is 0. The number of carbonyl (C=O) groups excluding carboxylic acids is 3. The second-order valence-corrected chi connectivity index (χ2v) is 10.4. The summed E-state index contributed by atoms with van der Waals surface area (Å²) < 4.78 is -1.35. The van der Waals surface area contributed by atoms with Crippen molar-refractivity contribution in [3.05, 3.63) is 62.6 Å². The number of hydroxylamine groups is 2. The first kappa shape index (κ1) is 24.4. The minimum atomic E-state index is -1.35. The van der Waals surface area contributed by atoms with Crippen LogP contribution in [0.25, 0.3) is 0 Å². The topological polar surface area (TPSA) is 87.7 Å². The van der Waals surface area contributed by atoms with Gasteiger partial charge in [0, 0.05) is 28.7 Å². The van der Waals surface area contributed by atoms with E-state index in [0.717, 1.165) is 5.06 Å². The zero-order chi connectivity index (χ0) is 24.1. The molecule has 2 aromatic carbocycles. The molecular weight excluding hydrogens is 536 g/mol. The van der Waals surface area contributed by atoms with Gasteiger partial charge in [-0.15, -0.1) is 23.2 Å². The van der Waals surface area contributed by atoms with Crippen LogP contribution in [0.1, 0.15) is 21.8 Å². The third-order valence-corrected chi connectivity index (χ3v) is 7.11. The van der Waals surface area contributed by atoms with E-state index in [4.69, 9.17) is 62.8 Å². The molecule has 1 aliphatic heterocycles. The Labute approximate surface area is 214 Å². The maximum Gasteiger partial charge on any atom is 0.270 e. The van der Waals surface area contributed by atoms with Crippen LogP contribution in [0.2, 0.25) is 15.1 Å². The summed E-state index contributed by atoms with van der Waals surface area (Å²) in [4.78, 5) is 42.6. The number of likely N-dealkylation sites (N-methyl/N-ethyl adjacent to an activating group) is 1. The zero-order valence-corrected chi connectivity index (χ0v) is 20.7. The Balaban J connectivity index is 1.48. The van der Waals surface area contributed by atoms with E-state index in [0.29, 0.717) is 21.3 Å². The van der Waals surface area contributed by atoms with Gasteiger partial charge in [-0.05, 0) is 42.0 Å². The Morgan fingerprint density at radius 2 is 1.76 bits per heavy atom. The maximum absolute atomic E-state index is 12.9. The SMILES string of the molecule is CN1OCC(NC(=O)c2cc(NC(=O)C3C(c4cc(Cl)cc(Cl)c4)C3(Cl)Cl)ccc2Cl)C1=O. The number of nitrogens with one attached hydrogen (secondary N) is 2. The van der Waals surface area contributed by atoms with Gasteiger partial charge in [0.2, 0.25) is 5.91 Å². The Kier molecular flexibility index (Phi) is 6.75. The molecule has 1 aliphatic carbocycles. The van der Waals surface area contributed by atoms with Crippen LogP contribution in [0, 0.1) is 5.92 Å². The molecule has 0 radical (unpaired) electrons. The molecule has 4 rings (SSSR count). The number of alkyl halides is 2. The predicted octanol–water partition coefficient (Wildman–Crippen LogP) is 4.67. The van der Waals surface area contributed by atoms with Gasteiger partial charge in [0.1, 0.15) is 17.0 Å². The van der Waals surface area contributed by atoms with Crippen LogP contribution in [0.15, 0.2) is 36.4 Å². The summed E-state index contributed by atoms with van der Waals surface area (Å²) in [6.45, 7) is 0.0131. The van der Waals surface area contributed by atoms with Crippen LogP contribution >= 0.6 is 58.0 Å². The van der Waals surface area contributed by atoms with E-state index in [2.05, 4.69) is 10.6 Å². The average molecular weight is 552 g/mol. The van der Waals surface area contributed by atoms with Crippen LogP contribution in [0.5, 0.6) is 0 Å². The molecule has 1 heterocycles. The molecule has 12 heteroatoms. The lowest BCUT2D eigenvalue weighted by Crippen LogP contribution is -2.42. The van der Waals surface area contributed by atoms with Gasteiger partial charge in [-0.25, -0.2) is 5.06 Å². The standard InChI is InChI=1S/C21H16Cl5N3O4/c1-29-20(32)15(8-33-29)28-18(30)13-7-12(2-3-14(13)24)27-19(31)17-16(21(17,25)26)9-4-10(22)6-11(23)5-9/h2-7,15-17H,8H2,1H3,(H,27,31)(H,28,30). The summed E-state index contributed by atoms with van der Waals surface area (Å²) in [5.41, 5.74) is 1.02. The summed E-state index contributed by atoms with van der Waals surface area (Å²) in [6, 6.07) is 8.44. The molecule has 174 valence electrons. The summed E-state index contributed by atoms with van der Waals surface area (Å²) >= 11 is 31.1. The van der Waals surface area contributed by atoms with Crippen molar-refractivity contribution in [1.29, 1.82) is 0 Å². The molecule has 2 aliphatic rings. The first-order valence-corrected chi connectivity index (χ1v) is 11.5. The van der Waals surface area contributed by atoms with Crippen molar-refractivity contribution < 1.29 is 19.2 Å². The molecule has 0 aromatic heterocycles. The van der Waals surface area contributed by atoms with Gasteiger partial charge in [0.25, 0.3) is 11.8 Å². The minimum absolute atomic E-state index is 0.0131.